The van der Waals surface area contributed by atoms with Gasteiger partial charge in [0, 0.05) is 30.4 Å². The number of anilines is 1. The van der Waals surface area contributed by atoms with Gasteiger partial charge in [0.05, 0.1) is 0 Å². The van der Waals surface area contributed by atoms with Crippen molar-refractivity contribution in [2.24, 2.45) is 0 Å². The van der Waals surface area contributed by atoms with Crippen LogP contribution in [0.4, 0.5) is 10.1 Å². The summed E-state index contributed by atoms with van der Waals surface area (Å²) in [7, 11) is 0. The van der Waals surface area contributed by atoms with Crippen molar-refractivity contribution >= 4 is 17.6 Å². The Balaban J connectivity index is 1.67. The smallest absolute Gasteiger partial charge is 0.350 e. The molecule has 28 heavy (non-hydrogen) atoms. The molecule has 0 aromatic heterocycles. The van der Waals surface area contributed by atoms with Crippen LogP contribution in [0.1, 0.15) is 31.4 Å². The van der Waals surface area contributed by atoms with Gasteiger partial charge in [0.2, 0.25) is 0 Å². The van der Waals surface area contributed by atoms with E-state index in [1.165, 1.54) is 25.3 Å². The molecule has 0 saturated carbocycles. The zero-order chi connectivity index (χ0) is 19.9. The van der Waals surface area contributed by atoms with Crippen LogP contribution in [0.3, 0.4) is 0 Å². The van der Waals surface area contributed by atoms with Crippen LogP contribution in [0, 0.1) is 5.82 Å². The predicted octanol–water partition coefficient (Wildman–Crippen LogP) is 3.82. The van der Waals surface area contributed by atoms with Crippen molar-refractivity contribution in [3.8, 4) is 0 Å². The molecule has 5 nitrogen and oxygen atoms in total. The van der Waals surface area contributed by atoms with E-state index in [1.54, 1.807) is 35.2 Å². The molecule has 2 aliphatic rings. The topological polar surface area (TPSA) is 55.8 Å². The monoisotopic (exact) mass is 381 g/mol. The van der Waals surface area contributed by atoms with Crippen LogP contribution in [0.25, 0.3) is 0 Å². The van der Waals surface area contributed by atoms with E-state index < -0.39 is 17.7 Å². The Labute approximate surface area is 162 Å². The average molecular weight is 381 g/mol. The van der Waals surface area contributed by atoms with Gasteiger partial charge in [-0.3, -0.25) is 0 Å². The second-order valence-electron chi connectivity index (χ2n) is 7.20. The van der Waals surface area contributed by atoms with E-state index in [0.29, 0.717) is 5.56 Å². The fraction of sp³-hybridized carbons (Fsp3) is 0.273. The van der Waals surface area contributed by atoms with Gasteiger partial charge in [-0.1, -0.05) is 30.3 Å². The molecule has 1 atom stereocenters. The summed E-state index contributed by atoms with van der Waals surface area (Å²) in [5.74, 6) is -3.27. The van der Waals surface area contributed by atoms with Gasteiger partial charge in [-0.05, 0) is 43.5 Å². The van der Waals surface area contributed by atoms with E-state index >= 15 is 0 Å². The highest BCUT2D eigenvalue weighted by Gasteiger charge is 2.44. The third-order valence-corrected chi connectivity index (χ3v) is 5.21. The molecule has 0 spiro atoms. The minimum Gasteiger partial charge on any atom is -0.414 e. The van der Waals surface area contributed by atoms with Crippen molar-refractivity contribution in [2.45, 2.75) is 38.5 Å². The normalized spacial score (nSPS) is 24.3. The highest BCUT2D eigenvalue weighted by atomic mass is 19.1. The first kappa shape index (κ1) is 18.2. The maximum atomic E-state index is 13.6. The Bertz CT molecular complexity index is 950. The van der Waals surface area contributed by atoms with Gasteiger partial charge >= 0.3 is 11.9 Å². The summed E-state index contributed by atoms with van der Waals surface area (Å²) in [6.07, 6.45) is 2.96. The minimum absolute atomic E-state index is 0.0356. The van der Waals surface area contributed by atoms with E-state index in [1.807, 2.05) is 13.0 Å². The lowest BCUT2D eigenvalue weighted by Crippen LogP contribution is -2.43. The number of esters is 2. The van der Waals surface area contributed by atoms with Gasteiger partial charge in [-0.2, -0.15) is 0 Å². The van der Waals surface area contributed by atoms with Crippen LogP contribution >= 0.6 is 0 Å². The molecule has 0 bridgehead atoms. The number of carbonyl (C=O) groups excluding carboxylic acids is 2. The number of hydrogen-bond donors (Lipinski definition) is 0. The number of cyclic esters (lactones) is 2. The van der Waals surface area contributed by atoms with Gasteiger partial charge < -0.3 is 14.4 Å². The molecular formula is C22H20FNO4. The molecule has 2 heterocycles. The molecule has 1 unspecified atom stereocenters. The van der Waals surface area contributed by atoms with Crippen LogP contribution in [0.2, 0.25) is 0 Å². The number of fused-ring (bicyclic) bond motifs is 1. The zero-order valence-electron chi connectivity index (χ0n) is 15.6. The first-order valence-corrected chi connectivity index (χ1v) is 9.18. The van der Waals surface area contributed by atoms with E-state index in [4.69, 9.17) is 9.47 Å². The fourth-order valence-corrected chi connectivity index (χ4v) is 3.62. The van der Waals surface area contributed by atoms with Crippen molar-refractivity contribution in [2.75, 3.05) is 4.90 Å². The highest BCUT2D eigenvalue weighted by molar-refractivity contribution is 6.15. The number of benzene rings is 2. The van der Waals surface area contributed by atoms with Crippen molar-refractivity contribution < 1.29 is 23.5 Å². The largest absolute Gasteiger partial charge is 0.414 e. The fourth-order valence-electron chi connectivity index (χ4n) is 3.62. The molecule has 4 rings (SSSR count). The molecule has 6 heteroatoms. The Morgan fingerprint density at radius 1 is 1.11 bits per heavy atom. The molecule has 0 radical (unpaired) electrons. The standard InChI is InChI=1S/C22H20FNO4/c1-14-8-9-15-12-17(23)10-11-19(15)24(14)13-18-20(25)27-22(2,28-21(18)26)16-6-4-3-5-7-16/h3-7,10-14H,8-9H2,1-2H3. The number of halogens is 1. The van der Waals surface area contributed by atoms with Crippen molar-refractivity contribution in [1.29, 1.82) is 0 Å². The highest BCUT2D eigenvalue weighted by Crippen LogP contribution is 2.35. The Morgan fingerprint density at radius 2 is 1.79 bits per heavy atom. The van der Waals surface area contributed by atoms with E-state index in [2.05, 4.69) is 0 Å². The average Bonchev–Trinajstić information content (AvgIpc) is 2.67. The molecular weight excluding hydrogens is 361 g/mol. The van der Waals surface area contributed by atoms with Gasteiger partial charge in [0.15, 0.2) is 5.57 Å². The molecule has 0 N–H and O–H groups in total. The van der Waals surface area contributed by atoms with Crippen LogP contribution < -0.4 is 4.90 Å². The summed E-state index contributed by atoms with van der Waals surface area (Å²) in [6.45, 7) is 3.52. The summed E-state index contributed by atoms with van der Waals surface area (Å²) in [5, 5.41) is 0. The van der Waals surface area contributed by atoms with E-state index in [0.717, 1.165) is 24.1 Å². The summed E-state index contributed by atoms with van der Waals surface area (Å²) < 4.78 is 24.5. The zero-order valence-corrected chi connectivity index (χ0v) is 15.6. The van der Waals surface area contributed by atoms with Crippen LogP contribution in [-0.4, -0.2) is 18.0 Å². The maximum absolute atomic E-state index is 13.6. The molecule has 0 aliphatic carbocycles. The van der Waals surface area contributed by atoms with Crippen molar-refractivity contribution in [3.63, 3.8) is 0 Å². The molecule has 2 aromatic rings. The van der Waals surface area contributed by atoms with Crippen LogP contribution in [-0.2, 0) is 31.3 Å². The molecule has 0 amide bonds. The molecule has 2 aromatic carbocycles. The number of hydrogen-bond acceptors (Lipinski definition) is 5. The number of carbonyl (C=O) groups is 2. The number of ether oxygens (including phenoxy) is 2. The Hall–Kier alpha value is -3.15. The predicted molar refractivity (Wildman–Crippen MR) is 101 cm³/mol. The quantitative estimate of drug-likeness (QED) is 0.450. The van der Waals surface area contributed by atoms with Gasteiger partial charge in [0.1, 0.15) is 5.82 Å². The third-order valence-electron chi connectivity index (χ3n) is 5.21. The lowest BCUT2D eigenvalue weighted by molar-refractivity contribution is -0.234. The van der Waals surface area contributed by atoms with E-state index in [-0.39, 0.29) is 17.4 Å². The summed E-state index contributed by atoms with van der Waals surface area (Å²) in [5.41, 5.74) is 1.99. The Kier molecular flexibility index (Phi) is 4.41. The molecule has 1 fully saturated rings. The summed E-state index contributed by atoms with van der Waals surface area (Å²) >= 11 is 0. The third kappa shape index (κ3) is 3.15. The number of nitrogens with zero attached hydrogens (tertiary/aromatic N) is 1. The van der Waals surface area contributed by atoms with Gasteiger partial charge in [-0.15, -0.1) is 0 Å². The summed E-state index contributed by atoms with van der Waals surface area (Å²) in [6, 6.07) is 13.4. The number of rotatable bonds is 2. The lowest BCUT2D eigenvalue weighted by atomic mass is 9.96. The second kappa shape index (κ2) is 6.78. The lowest BCUT2D eigenvalue weighted by Gasteiger charge is -2.37. The first-order chi connectivity index (χ1) is 13.4. The summed E-state index contributed by atoms with van der Waals surface area (Å²) in [4.78, 5) is 27.1. The maximum Gasteiger partial charge on any atom is 0.350 e. The minimum atomic E-state index is -1.47. The van der Waals surface area contributed by atoms with Gasteiger partial charge in [0.25, 0.3) is 5.79 Å². The first-order valence-electron chi connectivity index (χ1n) is 9.18. The van der Waals surface area contributed by atoms with E-state index in [9.17, 15) is 14.0 Å². The van der Waals surface area contributed by atoms with Crippen molar-refractivity contribution in [1.82, 2.24) is 0 Å². The Morgan fingerprint density at radius 3 is 2.46 bits per heavy atom. The second-order valence-corrected chi connectivity index (χ2v) is 7.20. The molecule has 144 valence electrons. The number of aryl methyl sites for hydroxylation is 1. The SMILES string of the molecule is CC1CCc2cc(F)ccc2N1C=C1C(=O)OC(C)(c2ccccc2)OC1=O. The van der Waals surface area contributed by atoms with Crippen LogP contribution in [0.5, 0.6) is 0 Å². The molecule has 2 aliphatic heterocycles. The molecule has 1 saturated heterocycles. The van der Waals surface area contributed by atoms with Gasteiger partial charge in [-0.25, -0.2) is 14.0 Å². The van der Waals surface area contributed by atoms with Crippen molar-refractivity contribution in [3.05, 3.63) is 77.2 Å². The van der Waals surface area contributed by atoms with Crippen LogP contribution in [0.15, 0.2) is 60.3 Å².